The summed E-state index contributed by atoms with van der Waals surface area (Å²) in [5, 5.41) is 0. The third-order valence-electron chi connectivity index (χ3n) is 6.94. The van der Waals surface area contributed by atoms with Gasteiger partial charge in [-0.25, -0.2) is 0 Å². The maximum absolute atomic E-state index is 13.6. The van der Waals surface area contributed by atoms with Crippen LogP contribution in [0.4, 0.5) is 0 Å². The summed E-state index contributed by atoms with van der Waals surface area (Å²) in [6.07, 6.45) is 0. The molecule has 2 aliphatic rings. The van der Waals surface area contributed by atoms with Crippen molar-refractivity contribution >= 4 is 17.5 Å². The number of ketones is 2. The van der Waals surface area contributed by atoms with E-state index < -0.39 is 23.7 Å². The summed E-state index contributed by atoms with van der Waals surface area (Å²) in [5.74, 6) is -2.03. The summed E-state index contributed by atoms with van der Waals surface area (Å²) < 4.78 is 10.6. The zero-order valence-corrected chi connectivity index (χ0v) is 21.0. The second-order valence-corrected chi connectivity index (χ2v) is 10.2. The predicted octanol–water partition coefficient (Wildman–Crippen LogP) is 3.28. The number of likely N-dealkylation sites (tertiary alicyclic amines) is 1. The summed E-state index contributed by atoms with van der Waals surface area (Å²) in [7, 11) is 1.56. The minimum absolute atomic E-state index is 0.0336. The van der Waals surface area contributed by atoms with Gasteiger partial charge in [-0.2, -0.15) is 0 Å². The highest BCUT2D eigenvalue weighted by molar-refractivity contribution is 6.44. The third-order valence-corrected chi connectivity index (χ3v) is 6.94. The minimum Gasteiger partial charge on any atom is -0.497 e. The van der Waals surface area contributed by atoms with Crippen LogP contribution < -0.4 is 4.74 Å². The second-order valence-electron chi connectivity index (χ2n) is 10.2. The molecule has 0 aromatic heterocycles. The van der Waals surface area contributed by atoms with Gasteiger partial charge in [-0.3, -0.25) is 19.3 Å². The molecule has 2 atom stereocenters. The molecular weight excluding hydrogens is 444 g/mol. The Balaban J connectivity index is 1.67. The standard InChI is InChI=1S/C28H34N2O5/c1-28(2,3)21-9-5-19(6-10-21)24-23(25(31)20-7-11-22(34-4)12-8-20)26(32)27(33)30(24)14-13-29-15-17-35-18-16-29/h5-12,23-24H,13-18H2,1-4H3. The van der Waals surface area contributed by atoms with E-state index in [1.165, 1.54) is 0 Å². The van der Waals surface area contributed by atoms with Gasteiger partial charge in [0.25, 0.3) is 5.91 Å². The van der Waals surface area contributed by atoms with Crippen molar-refractivity contribution in [3.8, 4) is 5.75 Å². The molecule has 35 heavy (non-hydrogen) atoms. The van der Waals surface area contributed by atoms with Crippen molar-refractivity contribution in [3.05, 3.63) is 65.2 Å². The molecule has 0 saturated carbocycles. The third kappa shape index (κ3) is 5.31. The van der Waals surface area contributed by atoms with Crippen LogP contribution >= 0.6 is 0 Å². The summed E-state index contributed by atoms with van der Waals surface area (Å²) >= 11 is 0. The lowest BCUT2D eigenvalue weighted by atomic mass is 9.83. The van der Waals surface area contributed by atoms with Crippen LogP contribution in [0.1, 0.15) is 48.3 Å². The first-order valence-corrected chi connectivity index (χ1v) is 12.1. The van der Waals surface area contributed by atoms with E-state index in [0.29, 0.717) is 37.6 Å². The molecule has 0 radical (unpaired) electrons. The highest BCUT2D eigenvalue weighted by Gasteiger charge is 2.51. The molecule has 7 nitrogen and oxygen atoms in total. The quantitative estimate of drug-likeness (QED) is 0.345. The molecule has 2 aromatic carbocycles. The molecule has 0 N–H and O–H groups in total. The van der Waals surface area contributed by atoms with Crippen molar-refractivity contribution in [1.29, 1.82) is 0 Å². The van der Waals surface area contributed by atoms with Crippen LogP contribution in [0.3, 0.4) is 0 Å². The molecule has 1 amide bonds. The number of hydrogen-bond acceptors (Lipinski definition) is 6. The van der Waals surface area contributed by atoms with Crippen LogP contribution in [0.2, 0.25) is 0 Å². The Morgan fingerprint density at radius 1 is 0.971 bits per heavy atom. The van der Waals surface area contributed by atoms with Crippen LogP contribution in [0.15, 0.2) is 48.5 Å². The van der Waals surface area contributed by atoms with Crippen molar-refractivity contribution in [1.82, 2.24) is 9.80 Å². The zero-order valence-electron chi connectivity index (χ0n) is 21.0. The van der Waals surface area contributed by atoms with Crippen molar-refractivity contribution in [2.45, 2.75) is 32.2 Å². The Morgan fingerprint density at radius 2 is 1.60 bits per heavy atom. The van der Waals surface area contributed by atoms with Gasteiger partial charge in [-0.1, -0.05) is 45.0 Å². The Bertz CT molecular complexity index is 1070. The average molecular weight is 479 g/mol. The highest BCUT2D eigenvalue weighted by atomic mass is 16.5. The van der Waals surface area contributed by atoms with Crippen LogP contribution in [0.25, 0.3) is 0 Å². The largest absolute Gasteiger partial charge is 0.497 e. The number of Topliss-reactive ketones (excluding diaryl/α,β-unsaturated/α-hetero) is 2. The lowest BCUT2D eigenvalue weighted by molar-refractivity contribution is -0.141. The molecule has 0 bridgehead atoms. The number of rotatable bonds is 7. The molecule has 7 heteroatoms. The summed E-state index contributed by atoms with van der Waals surface area (Å²) in [4.78, 5) is 43.9. The number of nitrogens with zero attached hydrogens (tertiary/aromatic N) is 2. The minimum atomic E-state index is -1.08. The van der Waals surface area contributed by atoms with Gasteiger partial charge in [-0.05, 0) is 40.8 Å². The van der Waals surface area contributed by atoms with Gasteiger partial charge in [-0.15, -0.1) is 0 Å². The molecule has 186 valence electrons. The van der Waals surface area contributed by atoms with Crippen molar-refractivity contribution < 1.29 is 23.9 Å². The first-order chi connectivity index (χ1) is 16.7. The van der Waals surface area contributed by atoms with Gasteiger partial charge in [0.1, 0.15) is 11.7 Å². The van der Waals surface area contributed by atoms with E-state index in [4.69, 9.17) is 9.47 Å². The van der Waals surface area contributed by atoms with E-state index in [1.807, 2.05) is 24.3 Å². The number of amides is 1. The van der Waals surface area contributed by atoms with Crippen LogP contribution in [0, 0.1) is 5.92 Å². The molecule has 2 unspecified atom stereocenters. The Labute approximate surface area is 207 Å². The number of benzene rings is 2. The van der Waals surface area contributed by atoms with Crippen LogP contribution in [-0.4, -0.2) is 73.8 Å². The fourth-order valence-electron chi connectivity index (χ4n) is 4.79. The van der Waals surface area contributed by atoms with E-state index in [9.17, 15) is 14.4 Å². The Morgan fingerprint density at radius 3 is 2.17 bits per heavy atom. The second kappa shape index (κ2) is 10.3. The maximum Gasteiger partial charge on any atom is 0.291 e. The van der Waals surface area contributed by atoms with E-state index in [0.717, 1.165) is 24.2 Å². The van der Waals surface area contributed by atoms with Gasteiger partial charge in [0.15, 0.2) is 5.78 Å². The summed E-state index contributed by atoms with van der Waals surface area (Å²) in [5.41, 5.74) is 2.30. The highest BCUT2D eigenvalue weighted by Crippen LogP contribution is 2.39. The van der Waals surface area contributed by atoms with Crippen LogP contribution in [0.5, 0.6) is 5.75 Å². The zero-order chi connectivity index (χ0) is 25.2. The topological polar surface area (TPSA) is 76.2 Å². The molecule has 4 rings (SSSR count). The van der Waals surface area contributed by atoms with Crippen molar-refractivity contribution in [2.75, 3.05) is 46.5 Å². The number of hydrogen-bond donors (Lipinski definition) is 0. The molecule has 2 fully saturated rings. The van der Waals surface area contributed by atoms with Crippen LogP contribution in [-0.2, 0) is 19.7 Å². The fourth-order valence-corrected chi connectivity index (χ4v) is 4.79. The monoisotopic (exact) mass is 478 g/mol. The molecule has 2 heterocycles. The van der Waals surface area contributed by atoms with Gasteiger partial charge in [0.2, 0.25) is 5.78 Å². The predicted molar refractivity (Wildman–Crippen MR) is 133 cm³/mol. The van der Waals surface area contributed by atoms with Gasteiger partial charge < -0.3 is 14.4 Å². The Kier molecular flexibility index (Phi) is 7.38. The van der Waals surface area contributed by atoms with E-state index in [1.54, 1.807) is 36.3 Å². The first-order valence-electron chi connectivity index (χ1n) is 12.1. The summed E-state index contributed by atoms with van der Waals surface area (Å²) in [6.45, 7) is 10.3. The maximum atomic E-state index is 13.6. The number of carbonyl (C=O) groups excluding carboxylic acids is 3. The normalized spacial score (nSPS) is 21.4. The van der Waals surface area contributed by atoms with E-state index >= 15 is 0 Å². The van der Waals surface area contributed by atoms with Gasteiger partial charge >= 0.3 is 0 Å². The Hall–Kier alpha value is -3.03. The molecule has 2 aromatic rings. The van der Waals surface area contributed by atoms with E-state index in [2.05, 4.69) is 25.7 Å². The van der Waals surface area contributed by atoms with E-state index in [-0.39, 0.29) is 11.2 Å². The smallest absolute Gasteiger partial charge is 0.291 e. The molecule has 0 spiro atoms. The summed E-state index contributed by atoms with van der Waals surface area (Å²) in [6, 6.07) is 14.0. The van der Waals surface area contributed by atoms with Crippen molar-refractivity contribution in [3.63, 3.8) is 0 Å². The average Bonchev–Trinajstić information content (AvgIpc) is 3.12. The first kappa shape index (κ1) is 25.1. The molecule has 2 aliphatic heterocycles. The fraction of sp³-hybridized carbons (Fsp3) is 0.464. The van der Waals surface area contributed by atoms with Crippen molar-refractivity contribution in [2.24, 2.45) is 5.92 Å². The SMILES string of the molecule is COc1ccc(C(=O)C2C(=O)C(=O)N(CCN3CCOCC3)C2c2ccc(C(C)(C)C)cc2)cc1. The lowest BCUT2D eigenvalue weighted by Crippen LogP contribution is -2.42. The van der Waals surface area contributed by atoms with Gasteiger partial charge in [0.05, 0.1) is 26.4 Å². The lowest BCUT2D eigenvalue weighted by Gasteiger charge is -2.32. The number of morpholine rings is 1. The molecular formula is C28H34N2O5. The van der Waals surface area contributed by atoms with Gasteiger partial charge in [0, 0.05) is 31.7 Å². The number of carbonyl (C=O) groups is 3. The number of methoxy groups -OCH3 is 1. The molecule has 2 saturated heterocycles. The number of ether oxygens (including phenoxy) is 2. The molecule has 0 aliphatic carbocycles.